The van der Waals surface area contributed by atoms with Gasteiger partial charge >= 0.3 is 0 Å². The molecule has 8 heteroatoms. The Morgan fingerprint density at radius 2 is 1.30 bits per heavy atom. The van der Waals surface area contributed by atoms with E-state index < -0.39 is 0 Å². The van der Waals surface area contributed by atoms with Crippen LogP contribution in [0, 0.1) is 0 Å². The van der Waals surface area contributed by atoms with Gasteiger partial charge in [-0.05, 0) is 11.5 Å². The van der Waals surface area contributed by atoms with E-state index in [0.717, 1.165) is 20.7 Å². The predicted octanol–water partition coefficient (Wildman–Crippen LogP) is 4.91. The topological polar surface area (TPSA) is 0 Å². The van der Waals surface area contributed by atoms with Crippen molar-refractivity contribution in [1.82, 2.24) is 0 Å². The summed E-state index contributed by atoms with van der Waals surface area (Å²) in [6.45, 7) is 0. The van der Waals surface area contributed by atoms with E-state index in [1.807, 2.05) is 23.5 Å². The van der Waals surface area contributed by atoms with Gasteiger partial charge in [0, 0.05) is 46.0 Å². The summed E-state index contributed by atoms with van der Waals surface area (Å²) in [5, 5.41) is 0. The van der Waals surface area contributed by atoms with Crippen LogP contribution in [0.2, 0.25) is 0 Å². The molecule has 0 nitrogen and oxygen atoms in total. The normalized spacial score (nSPS) is 16.4. The van der Waals surface area contributed by atoms with Crippen molar-refractivity contribution in [1.29, 1.82) is 0 Å². The van der Waals surface area contributed by atoms with Gasteiger partial charge in [0.05, 0.1) is 9.16 Å². The third-order valence-electron chi connectivity index (χ3n) is 2.36. The van der Waals surface area contributed by atoms with Gasteiger partial charge in [0.1, 0.15) is 0 Å². The van der Waals surface area contributed by atoms with E-state index >= 15 is 0 Å². The van der Waals surface area contributed by atoms with E-state index in [1.165, 1.54) is 46.0 Å². The Morgan fingerprint density at radius 3 is 1.75 bits per heavy atom. The van der Waals surface area contributed by atoms with E-state index in [-0.39, 0.29) is 0 Å². The molecule has 0 saturated carbocycles. The van der Waals surface area contributed by atoms with Gasteiger partial charge in [-0.15, -0.1) is 47.0 Å². The van der Waals surface area contributed by atoms with Gasteiger partial charge in [0.2, 0.25) is 0 Å². The van der Waals surface area contributed by atoms with Crippen LogP contribution in [-0.2, 0) is 0 Å². The molecule has 1 heterocycles. The molecule has 1 aliphatic rings. The van der Waals surface area contributed by atoms with Crippen LogP contribution in [0.4, 0.5) is 0 Å². The predicted molar refractivity (Wildman–Crippen MR) is 120 cm³/mol. The van der Waals surface area contributed by atoms with Gasteiger partial charge in [-0.1, -0.05) is 0 Å². The molecular weight excluding hydrogens is 401 g/mol. The second-order valence-electron chi connectivity index (χ2n) is 3.89. The molecule has 0 aromatic rings. The molecule has 120 valence electrons. The summed E-state index contributed by atoms with van der Waals surface area (Å²) in [4.78, 5) is 0. The summed E-state index contributed by atoms with van der Waals surface area (Å²) in [7, 11) is 0. The van der Waals surface area contributed by atoms with E-state index in [0.29, 0.717) is 0 Å². The molecule has 0 aromatic heterocycles. The maximum atomic E-state index is 4.26. The molecule has 0 radical (unpaired) electrons. The van der Waals surface area contributed by atoms with Gasteiger partial charge in [-0.3, -0.25) is 0 Å². The highest BCUT2D eigenvalue weighted by molar-refractivity contribution is 8.25. The highest BCUT2D eigenvalue weighted by Crippen LogP contribution is 2.43. The fourth-order valence-electron chi connectivity index (χ4n) is 1.52. The van der Waals surface area contributed by atoms with Crippen LogP contribution in [0.15, 0.2) is 0 Å². The summed E-state index contributed by atoms with van der Waals surface area (Å²) < 4.78 is 1.59. The van der Waals surface area contributed by atoms with Crippen molar-refractivity contribution in [2.45, 2.75) is 9.16 Å². The molecule has 0 atom stereocenters. The van der Waals surface area contributed by atoms with Crippen LogP contribution in [0.25, 0.3) is 0 Å². The lowest BCUT2D eigenvalue weighted by Gasteiger charge is -2.21. The molecule has 0 N–H and O–H groups in total. The molecule has 1 rings (SSSR count). The maximum absolute atomic E-state index is 4.26. The van der Waals surface area contributed by atoms with Crippen molar-refractivity contribution in [2.24, 2.45) is 0 Å². The lowest BCUT2D eigenvalue weighted by molar-refractivity contribution is 1.34. The van der Waals surface area contributed by atoms with Crippen molar-refractivity contribution in [3.8, 4) is 0 Å². The standard InChI is InChI=1S/C12H24S8/c13-1-3-15-5-7-17-11(12-19-9-10-20-12)18-8-6-16-4-2-14/h11-14H,1-10H2. The van der Waals surface area contributed by atoms with Crippen molar-refractivity contribution >= 4 is 95.8 Å². The third kappa shape index (κ3) is 10.6. The average Bonchev–Trinajstić information content (AvgIpc) is 2.98. The quantitative estimate of drug-likeness (QED) is 0.243. The summed E-state index contributed by atoms with van der Waals surface area (Å²) in [6.07, 6.45) is 0. The first-order valence-electron chi connectivity index (χ1n) is 6.72. The molecule has 0 aliphatic carbocycles. The second kappa shape index (κ2) is 15.3. The van der Waals surface area contributed by atoms with Crippen LogP contribution in [-0.4, -0.2) is 66.7 Å². The van der Waals surface area contributed by atoms with Gasteiger partial charge in [0.15, 0.2) is 0 Å². The number of hydrogen-bond donors (Lipinski definition) is 2. The van der Waals surface area contributed by atoms with Crippen LogP contribution >= 0.6 is 95.8 Å². The highest BCUT2D eigenvalue weighted by Gasteiger charge is 2.26. The van der Waals surface area contributed by atoms with Gasteiger partial charge in [0.25, 0.3) is 0 Å². The van der Waals surface area contributed by atoms with Crippen molar-refractivity contribution in [3.63, 3.8) is 0 Å². The summed E-state index contributed by atoms with van der Waals surface area (Å²) in [5.41, 5.74) is 0. The zero-order chi connectivity index (χ0) is 14.5. The number of thioether (sulfide) groups is 6. The lowest BCUT2D eigenvalue weighted by atomic mass is 10.9. The molecule has 1 fully saturated rings. The molecular formula is C12H24S8. The summed E-state index contributed by atoms with van der Waals surface area (Å²) in [5.74, 6) is 12.2. The fourth-order valence-corrected chi connectivity index (χ4v) is 10.8. The summed E-state index contributed by atoms with van der Waals surface area (Å²) >= 11 is 21.3. The number of rotatable bonds is 13. The molecule has 0 bridgehead atoms. The Morgan fingerprint density at radius 1 is 0.800 bits per heavy atom. The number of thiol groups is 2. The zero-order valence-corrected chi connectivity index (χ0v) is 18.3. The SMILES string of the molecule is SCCSCCSC(SCCSCCS)C1SCCS1. The van der Waals surface area contributed by atoms with Crippen LogP contribution in [0.1, 0.15) is 0 Å². The third-order valence-corrected chi connectivity index (χ3v) is 12.6. The molecule has 20 heavy (non-hydrogen) atoms. The van der Waals surface area contributed by atoms with E-state index in [9.17, 15) is 0 Å². The monoisotopic (exact) mass is 424 g/mol. The highest BCUT2D eigenvalue weighted by atomic mass is 32.2. The first-order chi connectivity index (χ1) is 9.88. The largest absolute Gasteiger partial charge is 0.179 e. The molecule has 1 saturated heterocycles. The fraction of sp³-hybridized carbons (Fsp3) is 1.00. The Labute approximate surface area is 161 Å². The Kier molecular flexibility index (Phi) is 16.0. The van der Waals surface area contributed by atoms with Crippen LogP contribution < -0.4 is 0 Å². The first kappa shape index (κ1) is 20.8. The molecule has 0 aromatic carbocycles. The maximum Gasteiger partial charge on any atom is 0.0712 e. The van der Waals surface area contributed by atoms with Crippen molar-refractivity contribution < 1.29 is 0 Å². The van der Waals surface area contributed by atoms with Crippen molar-refractivity contribution in [2.75, 3.05) is 57.5 Å². The minimum atomic E-state index is 0.778. The lowest BCUT2D eigenvalue weighted by Crippen LogP contribution is -2.13. The second-order valence-corrected chi connectivity index (χ2v) is 12.8. The van der Waals surface area contributed by atoms with E-state index in [4.69, 9.17) is 0 Å². The Bertz CT molecular complexity index is 196. The van der Waals surface area contributed by atoms with Crippen LogP contribution in [0.3, 0.4) is 0 Å². The molecule has 1 aliphatic heterocycles. The van der Waals surface area contributed by atoms with Gasteiger partial charge in [-0.25, -0.2) is 0 Å². The Hall–Kier alpha value is 2.80. The Balaban J connectivity index is 2.14. The first-order valence-corrected chi connectivity index (χ1v) is 14.5. The molecule has 0 unspecified atom stereocenters. The number of hydrogen-bond acceptors (Lipinski definition) is 8. The average molecular weight is 425 g/mol. The minimum Gasteiger partial charge on any atom is -0.179 e. The smallest absolute Gasteiger partial charge is 0.0712 e. The van der Waals surface area contributed by atoms with E-state index in [2.05, 4.69) is 72.3 Å². The van der Waals surface area contributed by atoms with Gasteiger partial charge in [-0.2, -0.15) is 48.8 Å². The molecule has 0 amide bonds. The molecule has 0 spiro atoms. The van der Waals surface area contributed by atoms with Crippen LogP contribution in [0.5, 0.6) is 0 Å². The minimum absolute atomic E-state index is 0.778. The zero-order valence-electron chi connectivity index (χ0n) is 11.6. The van der Waals surface area contributed by atoms with E-state index in [1.54, 1.807) is 0 Å². The summed E-state index contributed by atoms with van der Waals surface area (Å²) in [6, 6.07) is 0. The van der Waals surface area contributed by atoms with Crippen molar-refractivity contribution in [3.05, 3.63) is 0 Å². The van der Waals surface area contributed by atoms with Gasteiger partial charge < -0.3 is 0 Å².